The van der Waals surface area contributed by atoms with Crippen molar-refractivity contribution in [2.45, 2.75) is 12.7 Å². The summed E-state index contributed by atoms with van der Waals surface area (Å²) in [5, 5.41) is 3.76. The van der Waals surface area contributed by atoms with E-state index in [1.54, 1.807) is 31.2 Å². The van der Waals surface area contributed by atoms with E-state index in [1.807, 2.05) is 6.07 Å². The summed E-state index contributed by atoms with van der Waals surface area (Å²) in [5.41, 5.74) is 3.67. The van der Waals surface area contributed by atoms with Crippen LogP contribution >= 0.6 is 0 Å². The zero-order chi connectivity index (χ0) is 13.9. The first-order valence-electron chi connectivity index (χ1n) is 5.79. The van der Waals surface area contributed by atoms with Gasteiger partial charge in [0.15, 0.2) is 9.84 Å². The molecule has 0 spiro atoms. The van der Waals surface area contributed by atoms with E-state index < -0.39 is 15.9 Å². The zero-order valence-corrected chi connectivity index (χ0v) is 11.4. The molecule has 1 N–H and O–H groups in total. The van der Waals surface area contributed by atoms with Gasteiger partial charge in [0.25, 0.3) is 0 Å². The highest BCUT2D eigenvalue weighted by atomic mass is 32.2. The van der Waals surface area contributed by atoms with Gasteiger partial charge in [-0.25, -0.2) is 18.6 Å². The lowest BCUT2D eigenvalue weighted by Crippen LogP contribution is -2.47. The van der Waals surface area contributed by atoms with E-state index in [0.717, 1.165) is 0 Å². The number of hydrazone groups is 1. The second-order valence-electron chi connectivity index (χ2n) is 4.46. The van der Waals surface area contributed by atoms with Gasteiger partial charge >= 0.3 is 6.03 Å². The van der Waals surface area contributed by atoms with Crippen LogP contribution in [0.4, 0.5) is 4.79 Å². The second kappa shape index (κ2) is 5.40. The maximum absolute atomic E-state index is 12.1. The SMILES string of the molecule is CC1=NNC(=O)N(CS(=O)(=O)Cc2ccccc2)C1. The van der Waals surface area contributed by atoms with Crippen LogP contribution in [-0.4, -0.2) is 37.5 Å². The van der Waals surface area contributed by atoms with Crippen LogP contribution in [0.5, 0.6) is 0 Å². The maximum Gasteiger partial charge on any atom is 0.338 e. The Morgan fingerprint density at radius 2 is 2.00 bits per heavy atom. The van der Waals surface area contributed by atoms with Crippen molar-refractivity contribution in [2.75, 3.05) is 12.4 Å². The fraction of sp³-hybridized carbons (Fsp3) is 0.333. The molecule has 0 saturated carbocycles. The van der Waals surface area contributed by atoms with Gasteiger partial charge in [0.2, 0.25) is 0 Å². The number of urea groups is 1. The predicted octanol–water partition coefficient (Wildman–Crippen LogP) is 0.960. The molecule has 0 radical (unpaired) electrons. The zero-order valence-electron chi connectivity index (χ0n) is 10.5. The minimum Gasteiger partial charge on any atom is -0.303 e. The highest BCUT2D eigenvalue weighted by molar-refractivity contribution is 7.90. The number of rotatable bonds is 4. The van der Waals surface area contributed by atoms with Crippen LogP contribution in [0.3, 0.4) is 0 Å². The van der Waals surface area contributed by atoms with Crippen molar-refractivity contribution in [1.29, 1.82) is 0 Å². The van der Waals surface area contributed by atoms with Crippen LogP contribution in [0.1, 0.15) is 12.5 Å². The number of amides is 2. The molecule has 2 amide bonds. The van der Waals surface area contributed by atoms with E-state index in [0.29, 0.717) is 11.3 Å². The van der Waals surface area contributed by atoms with E-state index in [4.69, 9.17) is 0 Å². The average molecular weight is 281 g/mol. The van der Waals surface area contributed by atoms with Crippen LogP contribution in [0, 0.1) is 0 Å². The molecule has 0 aromatic heterocycles. The molecule has 19 heavy (non-hydrogen) atoms. The Morgan fingerprint density at radius 3 is 2.68 bits per heavy atom. The molecule has 7 heteroatoms. The quantitative estimate of drug-likeness (QED) is 0.892. The molecular formula is C12H15N3O3S. The first-order valence-corrected chi connectivity index (χ1v) is 7.61. The van der Waals surface area contributed by atoms with E-state index in [2.05, 4.69) is 10.5 Å². The largest absolute Gasteiger partial charge is 0.338 e. The Bertz CT molecular complexity index is 596. The number of hydrogen-bond acceptors (Lipinski definition) is 4. The third kappa shape index (κ3) is 3.78. The minimum absolute atomic E-state index is 0.0756. The number of hydrogen-bond donors (Lipinski definition) is 1. The molecule has 1 aliphatic heterocycles. The monoisotopic (exact) mass is 281 g/mol. The van der Waals surface area contributed by atoms with Crippen molar-refractivity contribution >= 4 is 21.6 Å². The molecule has 0 unspecified atom stereocenters. The number of carbonyl (C=O) groups is 1. The fourth-order valence-electron chi connectivity index (χ4n) is 1.81. The van der Waals surface area contributed by atoms with Crippen molar-refractivity contribution in [3.63, 3.8) is 0 Å². The highest BCUT2D eigenvalue weighted by Crippen LogP contribution is 2.09. The van der Waals surface area contributed by atoms with Crippen LogP contribution in [-0.2, 0) is 15.6 Å². The van der Waals surface area contributed by atoms with Gasteiger partial charge in [-0.1, -0.05) is 30.3 Å². The molecule has 0 fully saturated rings. The molecule has 0 bridgehead atoms. The Balaban J connectivity index is 2.05. The molecule has 102 valence electrons. The summed E-state index contributed by atoms with van der Waals surface area (Å²) in [4.78, 5) is 12.7. The van der Waals surface area contributed by atoms with Crippen molar-refractivity contribution in [1.82, 2.24) is 10.3 Å². The Hall–Kier alpha value is -1.89. The van der Waals surface area contributed by atoms with Gasteiger partial charge in [-0.2, -0.15) is 5.10 Å². The minimum atomic E-state index is -3.38. The third-order valence-corrected chi connectivity index (χ3v) is 4.11. The molecule has 1 aromatic rings. The average Bonchev–Trinajstić information content (AvgIpc) is 2.34. The topological polar surface area (TPSA) is 78.8 Å². The second-order valence-corrected chi connectivity index (χ2v) is 6.50. The predicted molar refractivity (Wildman–Crippen MR) is 72.3 cm³/mol. The van der Waals surface area contributed by atoms with Gasteiger partial charge in [-0.3, -0.25) is 0 Å². The van der Waals surface area contributed by atoms with E-state index >= 15 is 0 Å². The Morgan fingerprint density at radius 1 is 1.32 bits per heavy atom. The molecular weight excluding hydrogens is 266 g/mol. The number of sulfone groups is 1. The van der Waals surface area contributed by atoms with Gasteiger partial charge in [-0.05, 0) is 12.5 Å². The molecule has 6 nitrogen and oxygen atoms in total. The number of carbonyl (C=O) groups excluding carboxylic acids is 1. The lowest BCUT2D eigenvalue weighted by molar-refractivity contribution is 0.209. The molecule has 2 rings (SSSR count). The fourth-order valence-corrected chi connectivity index (χ4v) is 3.29. The number of benzene rings is 1. The molecule has 1 heterocycles. The van der Waals surface area contributed by atoms with Gasteiger partial charge in [-0.15, -0.1) is 0 Å². The van der Waals surface area contributed by atoms with Crippen molar-refractivity contribution < 1.29 is 13.2 Å². The van der Waals surface area contributed by atoms with E-state index in [9.17, 15) is 13.2 Å². The standard InChI is InChI=1S/C12H15N3O3S/c1-10-7-15(12(16)14-13-10)9-19(17,18)8-11-5-3-2-4-6-11/h2-6H,7-9H2,1H3,(H,14,16). The summed E-state index contributed by atoms with van der Waals surface area (Å²) < 4.78 is 24.1. The van der Waals surface area contributed by atoms with Crippen molar-refractivity contribution in [3.8, 4) is 0 Å². The molecule has 0 saturated heterocycles. The summed E-state index contributed by atoms with van der Waals surface area (Å²) in [6.45, 7) is 1.97. The Kier molecular flexibility index (Phi) is 3.84. The van der Waals surface area contributed by atoms with E-state index in [1.165, 1.54) is 4.90 Å². The number of nitrogens with one attached hydrogen (secondary N) is 1. The lowest BCUT2D eigenvalue weighted by atomic mass is 10.2. The normalized spacial score (nSPS) is 15.9. The highest BCUT2D eigenvalue weighted by Gasteiger charge is 2.24. The molecule has 0 aliphatic carbocycles. The smallest absolute Gasteiger partial charge is 0.303 e. The van der Waals surface area contributed by atoms with Crippen LogP contribution in [0.25, 0.3) is 0 Å². The van der Waals surface area contributed by atoms with Crippen LogP contribution < -0.4 is 5.43 Å². The van der Waals surface area contributed by atoms with Gasteiger partial charge < -0.3 is 4.90 Å². The molecule has 1 aliphatic rings. The van der Waals surface area contributed by atoms with Crippen LogP contribution in [0.2, 0.25) is 0 Å². The third-order valence-electron chi connectivity index (χ3n) is 2.63. The van der Waals surface area contributed by atoms with E-state index in [-0.39, 0.29) is 18.2 Å². The van der Waals surface area contributed by atoms with Crippen LogP contribution in [0.15, 0.2) is 35.4 Å². The first kappa shape index (κ1) is 13.5. The summed E-state index contributed by atoms with van der Waals surface area (Å²) >= 11 is 0. The summed E-state index contributed by atoms with van der Waals surface area (Å²) in [6, 6.07) is 8.42. The van der Waals surface area contributed by atoms with Crippen molar-refractivity contribution in [2.24, 2.45) is 5.10 Å². The maximum atomic E-state index is 12.1. The van der Waals surface area contributed by atoms with Gasteiger partial charge in [0.05, 0.1) is 18.0 Å². The summed E-state index contributed by atoms with van der Waals surface area (Å²) in [5.74, 6) is -0.381. The molecule has 1 aromatic carbocycles. The van der Waals surface area contributed by atoms with Gasteiger partial charge in [0, 0.05) is 0 Å². The first-order chi connectivity index (χ1) is 8.96. The summed E-state index contributed by atoms with van der Waals surface area (Å²) in [6.07, 6.45) is 0. The van der Waals surface area contributed by atoms with Crippen molar-refractivity contribution in [3.05, 3.63) is 35.9 Å². The summed E-state index contributed by atoms with van der Waals surface area (Å²) in [7, 11) is -3.38. The lowest BCUT2D eigenvalue weighted by Gasteiger charge is -2.25. The number of nitrogens with zero attached hydrogens (tertiary/aromatic N) is 2. The molecule has 0 atom stereocenters. The van der Waals surface area contributed by atoms with Gasteiger partial charge in [0.1, 0.15) is 5.88 Å². The Labute approximate surface area is 112 Å².